The number of hydrogen-bond acceptors (Lipinski definition) is 7. The normalized spacial score (nSPS) is 11.3. The minimum Gasteiger partial charge on any atom is -0.339 e. The zero-order valence-electron chi connectivity index (χ0n) is 13.5. The molecule has 2 heterocycles. The number of benzene rings is 1. The van der Waals surface area contributed by atoms with Gasteiger partial charge in [0.2, 0.25) is 27.6 Å². The zero-order valence-corrected chi connectivity index (χ0v) is 14.3. The lowest BCUT2D eigenvalue weighted by Crippen LogP contribution is -2.14. The van der Waals surface area contributed by atoms with E-state index in [1.165, 1.54) is 24.3 Å². The molecule has 1 amide bonds. The number of hydrogen-bond donors (Lipinski definition) is 2. The molecule has 0 saturated carbocycles. The van der Waals surface area contributed by atoms with E-state index < -0.39 is 10.0 Å². The number of sulfonamides is 1. The highest BCUT2D eigenvalue weighted by Gasteiger charge is 2.12. The summed E-state index contributed by atoms with van der Waals surface area (Å²) in [5.74, 6) is 0.477. The number of nitrogens with zero attached hydrogens (tertiary/aromatic N) is 3. The Labute approximate surface area is 149 Å². The molecule has 3 N–H and O–H groups in total. The molecule has 0 radical (unpaired) electrons. The van der Waals surface area contributed by atoms with Crippen LogP contribution in [-0.2, 0) is 21.2 Å². The van der Waals surface area contributed by atoms with E-state index in [1.807, 2.05) is 0 Å². The Morgan fingerprint density at radius 2 is 1.96 bits per heavy atom. The first-order valence-electron chi connectivity index (χ1n) is 7.57. The summed E-state index contributed by atoms with van der Waals surface area (Å²) in [5.41, 5.74) is 1.19. The number of anilines is 1. The van der Waals surface area contributed by atoms with Crippen LogP contribution >= 0.6 is 0 Å². The van der Waals surface area contributed by atoms with E-state index in [2.05, 4.69) is 20.4 Å². The van der Waals surface area contributed by atoms with E-state index in [0.29, 0.717) is 17.4 Å². The van der Waals surface area contributed by atoms with E-state index >= 15 is 0 Å². The highest BCUT2D eigenvalue weighted by Crippen LogP contribution is 2.15. The van der Waals surface area contributed by atoms with Gasteiger partial charge in [0.1, 0.15) is 0 Å². The van der Waals surface area contributed by atoms with Crippen LogP contribution in [0.2, 0.25) is 0 Å². The van der Waals surface area contributed by atoms with Gasteiger partial charge in [-0.05, 0) is 36.4 Å². The Bertz CT molecular complexity index is 1000. The molecule has 9 nitrogen and oxygen atoms in total. The van der Waals surface area contributed by atoms with Crippen molar-refractivity contribution in [3.05, 3.63) is 54.7 Å². The highest BCUT2D eigenvalue weighted by atomic mass is 32.2. The third-order valence-electron chi connectivity index (χ3n) is 3.42. The number of primary sulfonamides is 1. The van der Waals surface area contributed by atoms with Crippen molar-refractivity contribution < 1.29 is 17.7 Å². The molecule has 3 aromatic rings. The summed E-state index contributed by atoms with van der Waals surface area (Å²) in [5, 5.41) is 11.5. The number of aryl methyl sites for hydroxylation is 1. The summed E-state index contributed by atoms with van der Waals surface area (Å²) in [7, 11) is -3.76. The van der Waals surface area contributed by atoms with Crippen LogP contribution in [0.3, 0.4) is 0 Å². The van der Waals surface area contributed by atoms with Crippen LogP contribution in [0, 0.1) is 0 Å². The quantitative estimate of drug-likeness (QED) is 0.664. The molecule has 2 aromatic heterocycles. The van der Waals surface area contributed by atoms with Gasteiger partial charge in [0.25, 0.3) is 0 Å². The van der Waals surface area contributed by atoms with Gasteiger partial charge in [0, 0.05) is 36.5 Å². The molecular weight excluding hydrogens is 358 g/mol. The van der Waals surface area contributed by atoms with Crippen molar-refractivity contribution in [2.24, 2.45) is 5.14 Å². The maximum Gasteiger partial charge on any atom is 0.238 e. The fraction of sp³-hybridized carbons (Fsp3) is 0.125. The average Bonchev–Trinajstić information content (AvgIpc) is 3.09. The molecule has 3 rings (SSSR count). The van der Waals surface area contributed by atoms with Crippen LogP contribution in [0.15, 0.2) is 58.2 Å². The molecule has 134 valence electrons. The van der Waals surface area contributed by atoms with Crippen molar-refractivity contribution in [1.29, 1.82) is 0 Å². The molecule has 0 bridgehead atoms. The second-order valence-electron chi connectivity index (χ2n) is 5.37. The first-order valence-corrected chi connectivity index (χ1v) is 9.12. The van der Waals surface area contributed by atoms with Crippen molar-refractivity contribution in [3.63, 3.8) is 0 Å². The van der Waals surface area contributed by atoms with Crippen molar-refractivity contribution in [1.82, 2.24) is 15.1 Å². The molecule has 0 aliphatic heterocycles. The van der Waals surface area contributed by atoms with Crippen molar-refractivity contribution in [2.45, 2.75) is 17.7 Å². The summed E-state index contributed by atoms with van der Waals surface area (Å²) >= 11 is 0. The Morgan fingerprint density at radius 3 is 2.62 bits per heavy atom. The number of amides is 1. The molecule has 0 unspecified atom stereocenters. The third-order valence-corrected chi connectivity index (χ3v) is 4.35. The molecule has 0 saturated heterocycles. The summed E-state index contributed by atoms with van der Waals surface area (Å²) in [6, 6.07) is 9.14. The molecule has 26 heavy (non-hydrogen) atoms. The smallest absolute Gasteiger partial charge is 0.238 e. The first-order chi connectivity index (χ1) is 12.4. The largest absolute Gasteiger partial charge is 0.339 e. The molecule has 0 spiro atoms. The second kappa shape index (κ2) is 7.42. The van der Waals surface area contributed by atoms with E-state index in [0.717, 1.165) is 5.56 Å². The Balaban J connectivity index is 1.55. The van der Waals surface area contributed by atoms with Gasteiger partial charge in [-0.1, -0.05) is 5.16 Å². The van der Waals surface area contributed by atoms with Crippen LogP contribution in [0.5, 0.6) is 0 Å². The van der Waals surface area contributed by atoms with Gasteiger partial charge in [0.15, 0.2) is 0 Å². The SMILES string of the molecule is NS(=O)(=O)c1ccc(NC(=O)CCc2nc(-c3cccnc3)no2)cc1. The number of nitrogens with two attached hydrogens (primary N) is 1. The zero-order chi connectivity index (χ0) is 18.6. The van der Waals surface area contributed by atoms with E-state index in [4.69, 9.17) is 9.66 Å². The van der Waals surface area contributed by atoms with Gasteiger partial charge in [-0.2, -0.15) is 4.98 Å². The predicted octanol–water partition coefficient (Wildman–Crippen LogP) is 1.35. The van der Waals surface area contributed by atoms with E-state index in [9.17, 15) is 13.2 Å². The number of pyridine rings is 1. The van der Waals surface area contributed by atoms with Gasteiger partial charge >= 0.3 is 0 Å². The Kier molecular flexibility index (Phi) is 5.05. The minimum absolute atomic E-state index is 0.0238. The molecule has 0 atom stereocenters. The number of carbonyl (C=O) groups is 1. The van der Waals surface area contributed by atoms with Crippen LogP contribution < -0.4 is 10.5 Å². The molecule has 10 heteroatoms. The Hall–Kier alpha value is -3.11. The van der Waals surface area contributed by atoms with Gasteiger partial charge in [0.05, 0.1) is 4.90 Å². The van der Waals surface area contributed by atoms with Crippen molar-refractivity contribution >= 4 is 21.6 Å². The number of aromatic nitrogens is 3. The third kappa shape index (κ3) is 4.49. The molecule has 0 aliphatic carbocycles. The lowest BCUT2D eigenvalue weighted by Gasteiger charge is -2.05. The monoisotopic (exact) mass is 373 g/mol. The van der Waals surface area contributed by atoms with Crippen LogP contribution in [0.4, 0.5) is 5.69 Å². The lowest BCUT2D eigenvalue weighted by molar-refractivity contribution is -0.116. The number of rotatable bonds is 6. The Morgan fingerprint density at radius 1 is 1.19 bits per heavy atom. The number of carbonyl (C=O) groups excluding carboxylic acids is 1. The lowest BCUT2D eigenvalue weighted by atomic mass is 10.2. The number of nitrogens with one attached hydrogen (secondary N) is 1. The second-order valence-corrected chi connectivity index (χ2v) is 6.93. The topological polar surface area (TPSA) is 141 Å². The first kappa shape index (κ1) is 17.7. The van der Waals surface area contributed by atoms with Crippen molar-refractivity contribution in [2.75, 3.05) is 5.32 Å². The van der Waals surface area contributed by atoms with E-state index in [-0.39, 0.29) is 23.6 Å². The van der Waals surface area contributed by atoms with Crippen LogP contribution in [0.1, 0.15) is 12.3 Å². The average molecular weight is 373 g/mol. The molecule has 1 aromatic carbocycles. The van der Waals surface area contributed by atoms with Gasteiger partial charge < -0.3 is 9.84 Å². The van der Waals surface area contributed by atoms with Crippen molar-refractivity contribution in [3.8, 4) is 11.4 Å². The van der Waals surface area contributed by atoms with Crippen LogP contribution in [0.25, 0.3) is 11.4 Å². The maximum absolute atomic E-state index is 12.0. The molecule has 0 fully saturated rings. The van der Waals surface area contributed by atoms with E-state index in [1.54, 1.807) is 24.5 Å². The maximum atomic E-state index is 12.0. The van der Waals surface area contributed by atoms with Gasteiger partial charge in [-0.15, -0.1) is 0 Å². The minimum atomic E-state index is -3.76. The fourth-order valence-electron chi connectivity index (χ4n) is 2.14. The standard InChI is InChI=1S/C16H15N5O4S/c17-26(23,24)13-5-3-12(4-6-13)19-14(22)7-8-15-20-16(21-25-15)11-2-1-9-18-10-11/h1-6,9-10H,7-8H2,(H,19,22)(H2,17,23,24). The van der Waals surface area contributed by atoms with Gasteiger partial charge in [-0.25, -0.2) is 13.6 Å². The predicted molar refractivity (Wildman–Crippen MR) is 92.3 cm³/mol. The molecular formula is C16H15N5O4S. The summed E-state index contributed by atoms with van der Waals surface area (Å²) < 4.78 is 27.5. The molecule has 0 aliphatic rings. The highest BCUT2D eigenvalue weighted by molar-refractivity contribution is 7.89. The fourth-order valence-corrected chi connectivity index (χ4v) is 2.66. The van der Waals surface area contributed by atoms with Crippen LogP contribution in [-0.4, -0.2) is 29.4 Å². The summed E-state index contributed by atoms with van der Waals surface area (Å²) in [6.07, 6.45) is 3.66. The summed E-state index contributed by atoms with van der Waals surface area (Å²) in [4.78, 5) is 20.2. The van der Waals surface area contributed by atoms with Gasteiger partial charge in [-0.3, -0.25) is 9.78 Å². The summed E-state index contributed by atoms with van der Waals surface area (Å²) in [6.45, 7) is 0.